The summed E-state index contributed by atoms with van der Waals surface area (Å²) in [6.07, 6.45) is 1.88. The predicted molar refractivity (Wildman–Crippen MR) is 108 cm³/mol. The number of aromatic nitrogens is 1. The summed E-state index contributed by atoms with van der Waals surface area (Å²) in [6.45, 7) is 6.83. The van der Waals surface area contributed by atoms with E-state index in [0.29, 0.717) is 16.9 Å². The average molecular weight is 383 g/mol. The molecule has 2 aromatic carbocycles. The lowest BCUT2D eigenvalue weighted by Gasteiger charge is -2.09. The second-order valence-corrected chi connectivity index (χ2v) is 7.50. The Hall–Kier alpha value is -2.53. The highest BCUT2D eigenvalue weighted by Crippen LogP contribution is 2.27. The highest BCUT2D eigenvalue weighted by atomic mass is 32.1. The third-order valence-corrected chi connectivity index (χ3v) is 5.52. The van der Waals surface area contributed by atoms with Crippen LogP contribution in [0.5, 0.6) is 0 Å². The van der Waals surface area contributed by atoms with Crippen molar-refractivity contribution >= 4 is 17.2 Å². The third kappa shape index (κ3) is 4.25. The van der Waals surface area contributed by atoms with E-state index in [1.807, 2.05) is 26.0 Å². The van der Waals surface area contributed by atoms with E-state index in [1.54, 1.807) is 35.6 Å². The molecule has 0 spiro atoms. The van der Waals surface area contributed by atoms with E-state index >= 15 is 0 Å². The zero-order valence-electron chi connectivity index (χ0n) is 15.8. The molecule has 5 heteroatoms. The minimum Gasteiger partial charge on any atom is -0.316 e. The van der Waals surface area contributed by atoms with Crippen molar-refractivity contribution in [2.24, 2.45) is 4.99 Å². The first-order chi connectivity index (χ1) is 13.0. The Morgan fingerprint density at radius 3 is 2.33 bits per heavy atom. The molecule has 0 saturated heterocycles. The van der Waals surface area contributed by atoms with Crippen LogP contribution in [0.4, 0.5) is 4.39 Å². The molecule has 0 saturated carbocycles. The average Bonchev–Trinajstić information content (AvgIpc) is 3.00. The van der Waals surface area contributed by atoms with Gasteiger partial charge in [-0.15, -0.1) is 11.3 Å². The number of hydrogen-bond donors (Lipinski definition) is 0. The van der Waals surface area contributed by atoms with Gasteiger partial charge in [0.25, 0.3) is 5.91 Å². The fourth-order valence-corrected chi connectivity index (χ4v) is 4.32. The molecule has 1 heterocycles. The Labute approximate surface area is 162 Å². The molecule has 3 aromatic rings. The molecule has 0 atom stereocenters. The number of benzene rings is 2. The number of amides is 1. The van der Waals surface area contributed by atoms with Crippen molar-refractivity contribution in [3.05, 3.63) is 75.2 Å². The molecular weight excluding hydrogens is 359 g/mol. The Kier molecular flexibility index (Phi) is 6.01. The monoisotopic (exact) mass is 382 g/mol. The van der Waals surface area contributed by atoms with Gasteiger partial charge in [0.15, 0.2) is 4.80 Å². The van der Waals surface area contributed by atoms with Crippen molar-refractivity contribution in [2.45, 2.75) is 40.2 Å². The smallest absolute Gasteiger partial charge is 0.279 e. The first kappa shape index (κ1) is 19.2. The topological polar surface area (TPSA) is 34.4 Å². The Morgan fingerprint density at radius 2 is 1.74 bits per heavy atom. The number of thiazole rings is 1. The number of halogens is 1. The van der Waals surface area contributed by atoms with Crippen molar-refractivity contribution < 1.29 is 9.18 Å². The lowest BCUT2D eigenvalue weighted by atomic mass is 10.1. The van der Waals surface area contributed by atoms with Gasteiger partial charge in [0.1, 0.15) is 5.82 Å². The van der Waals surface area contributed by atoms with Crippen molar-refractivity contribution in [1.82, 2.24) is 4.57 Å². The van der Waals surface area contributed by atoms with Gasteiger partial charge < -0.3 is 4.57 Å². The van der Waals surface area contributed by atoms with Crippen LogP contribution in [0.15, 0.2) is 53.5 Å². The fourth-order valence-electron chi connectivity index (χ4n) is 3.00. The van der Waals surface area contributed by atoms with Crippen LogP contribution < -0.4 is 4.80 Å². The molecule has 3 nitrogen and oxygen atoms in total. The zero-order chi connectivity index (χ0) is 19.4. The van der Waals surface area contributed by atoms with Gasteiger partial charge in [0, 0.05) is 17.0 Å². The molecule has 27 heavy (non-hydrogen) atoms. The molecule has 3 rings (SSSR count). The second kappa shape index (κ2) is 8.44. The number of nitrogens with zero attached hydrogens (tertiary/aromatic N) is 2. The van der Waals surface area contributed by atoms with Gasteiger partial charge >= 0.3 is 0 Å². The van der Waals surface area contributed by atoms with Gasteiger partial charge in [-0.2, -0.15) is 4.99 Å². The molecule has 1 amide bonds. The summed E-state index contributed by atoms with van der Waals surface area (Å²) in [5, 5.41) is 0. The van der Waals surface area contributed by atoms with Crippen molar-refractivity contribution in [3.63, 3.8) is 0 Å². The quantitative estimate of drug-likeness (QED) is 0.583. The summed E-state index contributed by atoms with van der Waals surface area (Å²) >= 11 is 1.54. The standard InChI is InChI=1S/C22H23FN2OS/c1-4-6-19-20(16-11-13-18(23)14-12-16)25(5-2)22(27-19)24-21(26)17-9-7-15(3)8-10-17/h7-14H,4-6H2,1-3H3. The number of carbonyl (C=O) groups excluding carboxylic acids is 1. The van der Waals surface area contributed by atoms with E-state index in [0.717, 1.165) is 29.7 Å². The van der Waals surface area contributed by atoms with E-state index in [1.165, 1.54) is 17.0 Å². The lowest BCUT2D eigenvalue weighted by molar-refractivity contribution is 0.0998. The molecule has 140 valence electrons. The van der Waals surface area contributed by atoms with Gasteiger partial charge in [-0.25, -0.2) is 4.39 Å². The SMILES string of the molecule is CCCc1sc(=NC(=O)c2ccc(C)cc2)n(CC)c1-c1ccc(F)cc1. The first-order valence-electron chi connectivity index (χ1n) is 9.17. The number of hydrogen-bond acceptors (Lipinski definition) is 2. The van der Waals surface area contributed by atoms with Crippen LogP contribution in [-0.4, -0.2) is 10.5 Å². The van der Waals surface area contributed by atoms with Crippen LogP contribution >= 0.6 is 11.3 Å². The van der Waals surface area contributed by atoms with Gasteiger partial charge in [-0.05, 0) is 62.2 Å². The van der Waals surface area contributed by atoms with Crippen LogP contribution in [0, 0.1) is 12.7 Å². The molecule has 0 aliphatic carbocycles. The molecule has 0 aliphatic rings. The highest BCUT2D eigenvalue weighted by molar-refractivity contribution is 7.09. The van der Waals surface area contributed by atoms with Crippen LogP contribution in [0.1, 0.15) is 41.1 Å². The lowest BCUT2D eigenvalue weighted by Crippen LogP contribution is -2.17. The summed E-state index contributed by atoms with van der Waals surface area (Å²) in [6, 6.07) is 13.9. The maximum atomic E-state index is 13.4. The molecule has 0 bridgehead atoms. The van der Waals surface area contributed by atoms with Crippen LogP contribution in [0.2, 0.25) is 0 Å². The number of rotatable bonds is 5. The minimum absolute atomic E-state index is 0.243. The highest BCUT2D eigenvalue weighted by Gasteiger charge is 2.15. The van der Waals surface area contributed by atoms with Crippen molar-refractivity contribution in [1.29, 1.82) is 0 Å². The molecule has 0 aliphatic heterocycles. The summed E-state index contributed by atoms with van der Waals surface area (Å²) < 4.78 is 15.4. The normalized spacial score (nSPS) is 11.8. The largest absolute Gasteiger partial charge is 0.316 e. The van der Waals surface area contributed by atoms with Crippen molar-refractivity contribution in [3.8, 4) is 11.3 Å². The molecule has 0 N–H and O–H groups in total. The van der Waals surface area contributed by atoms with Gasteiger partial charge in [0.2, 0.25) is 0 Å². The van der Waals surface area contributed by atoms with E-state index in [4.69, 9.17) is 0 Å². The van der Waals surface area contributed by atoms with E-state index < -0.39 is 0 Å². The fraction of sp³-hybridized carbons (Fsp3) is 0.273. The Balaban J connectivity index is 2.13. The van der Waals surface area contributed by atoms with Gasteiger partial charge in [-0.1, -0.05) is 31.0 Å². The molecule has 1 aromatic heterocycles. The predicted octanol–water partition coefficient (Wildman–Crippen LogP) is 5.38. The summed E-state index contributed by atoms with van der Waals surface area (Å²) in [5.41, 5.74) is 3.66. The van der Waals surface area contributed by atoms with Gasteiger partial charge in [-0.3, -0.25) is 4.79 Å². The number of aryl methyl sites for hydroxylation is 2. The summed E-state index contributed by atoms with van der Waals surface area (Å²) in [4.78, 5) is 18.9. The molecule has 0 radical (unpaired) electrons. The first-order valence-corrected chi connectivity index (χ1v) is 9.99. The van der Waals surface area contributed by atoms with E-state index in [-0.39, 0.29) is 11.7 Å². The third-order valence-electron chi connectivity index (χ3n) is 4.39. The maximum absolute atomic E-state index is 13.4. The number of carbonyl (C=O) groups is 1. The van der Waals surface area contributed by atoms with Crippen LogP contribution in [0.25, 0.3) is 11.3 Å². The Bertz CT molecular complexity index is 998. The summed E-state index contributed by atoms with van der Waals surface area (Å²) in [5.74, 6) is -0.499. The Morgan fingerprint density at radius 1 is 1.07 bits per heavy atom. The van der Waals surface area contributed by atoms with Crippen molar-refractivity contribution in [2.75, 3.05) is 0 Å². The van der Waals surface area contributed by atoms with Crippen LogP contribution in [-0.2, 0) is 13.0 Å². The van der Waals surface area contributed by atoms with Gasteiger partial charge in [0.05, 0.1) is 5.69 Å². The maximum Gasteiger partial charge on any atom is 0.279 e. The minimum atomic E-state index is -0.256. The summed E-state index contributed by atoms with van der Waals surface area (Å²) in [7, 11) is 0. The van der Waals surface area contributed by atoms with E-state index in [9.17, 15) is 9.18 Å². The van der Waals surface area contributed by atoms with E-state index in [2.05, 4.69) is 16.5 Å². The zero-order valence-corrected chi connectivity index (χ0v) is 16.6. The van der Waals surface area contributed by atoms with Crippen LogP contribution in [0.3, 0.4) is 0 Å². The second-order valence-electron chi connectivity index (χ2n) is 6.44. The molecule has 0 unspecified atom stereocenters. The molecular formula is C22H23FN2OS. The molecule has 0 fully saturated rings.